The SMILES string of the molecule is NC(CCC[C@H](N)C(=O)O)OCC(O)CO. The molecule has 96 valence electrons. The van der Waals surface area contributed by atoms with Crippen molar-refractivity contribution < 1.29 is 24.9 Å². The van der Waals surface area contributed by atoms with Gasteiger partial charge in [0.15, 0.2) is 0 Å². The number of nitrogens with two attached hydrogens (primary N) is 2. The number of carbonyl (C=O) groups is 1. The lowest BCUT2D eigenvalue weighted by Crippen LogP contribution is -2.32. The molecule has 0 aliphatic rings. The largest absolute Gasteiger partial charge is 0.480 e. The van der Waals surface area contributed by atoms with E-state index in [0.717, 1.165) is 0 Å². The molecule has 3 atom stereocenters. The van der Waals surface area contributed by atoms with Crippen LogP contribution >= 0.6 is 0 Å². The average molecular weight is 236 g/mol. The van der Waals surface area contributed by atoms with E-state index in [1.54, 1.807) is 0 Å². The first kappa shape index (κ1) is 15.3. The van der Waals surface area contributed by atoms with E-state index in [4.69, 9.17) is 31.5 Å². The lowest BCUT2D eigenvalue weighted by Gasteiger charge is -2.15. The van der Waals surface area contributed by atoms with E-state index in [2.05, 4.69) is 0 Å². The maximum absolute atomic E-state index is 10.4. The van der Waals surface area contributed by atoms with E-state index in [-0.39, 0.29) is 13.2 Å². The highest BCUT2D eigenvalue weighted by Gasteiger charge is 2.12. The minimum absolute atomic E-state index is 0.0390. The van der Waals surface area contributed by atoms with Gasteiger partial charge in [-0.25, -0.2) is 0 Å². The predicted octanol–water partition coefficient (Wildman–Crippen LogP) is -1.78. The second kappa shape index (κ2) is 8.43. The highest BCUT2D eigenvalue weighted by Crippen LogP contribution is 2.03. The zero-order chi connectivity index (χ0) is 12.6. The molecule has 0 spiro atoms. The molecule has 0 radical (unpaired) electrons. The fourth-order valence-electron chi connectivity index (χ4n) is 1.03. The fourth-order valence-corrected chi connectivity index (χ4v) is 1.03. The summed E-state index contributed by atoms with van der Waals surface area (Å²) in [5.74, 6) is -1.04. The second-order valence-electron chi connectivity index (χ2n) is 3.58. The van der Waals surface area contributed by atoms with Crippen LogP contribution < -0.4 is 11.5 Å². The van der Waals surface area contributed by atoms with Crippen LogP contribution in [0, 0.1) is 0 Å². The van der Waals surface area contributed by atoms with E-state index in [1.807, 2.05) is 0 Å². The van der Waals surface area contributed by atoms with Gasteiger partial charge in [-0.15, -0.1) is 0 Å². The van der Waals surface area contributed by atoms with Gasteiger partial charge in [-0.3, -0.25) is 4.79 Å². The van der Waals surface area contributed by atoms with Crippen molar-refractivity contribution in [1.29, 1.82) is 0 Å². The molecule has 7 heteroatoms. The molecule has 0 fully saturated rings. The lowest BCUT2D eigenvalue weighted by atomic mass is 10.1. The number of rotatable bonds is 9. The maximum Gasteiger partial charge on any atom is 0.320 e. The van der Waals surface area contributed by atoms with Gasteiger partial charge in [0, 0.05) is 0 Å². The Morgan fingerprint density at radius 1 is 1.31 bits per heavy atom. The smallest absolute Gasteiger partial charge is 0.320 e. The first-order chi connectivity index (χ1) is 7.47. The topological polar surface area (TPSA) is 139 Å². The van der Waals surface area contributed by atoms with Gasteiger partial charge < -0.3 is 31.5 Å². The van der Waals surface area contributed by atoms with Crippen LogP contribution in [0.5, 0.6) is 0 Å². The number of aliphatic hydroxyl groups is 2. The van der Waals surface area contributed by atoms with Gasteiger partial charge in [-0.05, 0) is 19.3 Å². The van der Waals surface area contributed by atoms with Crippen molar-refractivity contribution in [3.8, 4) is 0 Å². The summed E-state index contributed by atoms with van der Waals surface area (Å²) in [6.45, 7) is -0.417. The average Bonchev–Trinajstić information content (AvgIpc) is 2.25. The molecule has 0 aliphatic carbocycles. The monoisotopic (exact) mass is 236 g/mol. The summed E-state index contributed by atoms with van der Waals surface area (Å²) >= 11 is 0. The van der Waals surface area contributed by atoms with Crippen LogP contribution in [-0.2, 0) is 9.53 Å². The molecule has 7 N–H and O–H groups in total. The zero-order valence-electron chi connectivity index (χ0n) is 9.08. The van der Waals surface area contributed by atoms with Gasteiger partial charge in [0.2, 0.25) is 0 Å². The first-order valence-corrected chi connectivity index (χ1v) is 5.11. The summed E-state index contributed by atoms with van der Waals surface area (Å²) in [7, 11) is 0. The minimum Gasteiger partial charge on any atom is -0.480 e. The highest BCUT2D eigenvalue weighted by atomic mass is 16.5. The van der Waals surface area contributed by atoms with Gasteiger partial charge in [0.1, 0.15) is 18.4 Å². The molecule has 2 unspecified atom stereocenters. The van der Waals surface area contributed by atoms with Crippen molar-refractivity contribution in [3.05, 3.63) is 0 Å². The van der Waals surface area contributed by atoms with Crippen molar-refractivity contribution >= 4 is 5.97 Å². The molecule has 0 aromatic carbocycles. The van der Waals surface area contributed by atoms with E-state index >= 15 is 0 Å². The van der Waals surface area contributed by atoms with Crippen LogP contribution in [0.25, 0.3) is 0 Å². The highest BCUT2D eigenvalue weighted by molar-refractivity contribution is 5.72. The van der Waals surface area contributed by atoms with Gasteiger partial charge >= 0.3 is 5.97 Å². The molecule has 0 aromatic heterocycles. The Morgan fingerprint density at radius 2 is 1.94 bits per heavy atom. The third-order valence-corrected chi connectivity index (χ3v) is 2.03. The predicted molar refractivity (Wildman–Crippen MR) is 56.5 cm³/mol. The molecule has 0 saturated carbocycles. The third-order valence-electron chi connectivity index (χ3n) is 2.03. The molecule has 0 aromatic rings. The van der Waals surface area contributed by atoms with E-state index in [0.29, 0.717) is 19.3 Å². The van der Waals surface area contributed by atoms with Crippen LogP contribution in [-0.4, -0.2) is 52.9 Å². The summed E-state index contributed by atoms with van der Waals surface area (Å²) < 4.78 is 5.02. The summed E-state index contributed by atoms with van der Waals surface area (Å²) in [5, 5.41) is 26.0. The van der Waals surface area contributed by atoms with Crippen molar-refractivity contribution in [2.24, 2.45) is 11.5 Å². The molecule has 0 amide bonds. The number of hydrogen-bond donors (Lipinski definition) is 5. The molecule has 0 bridgehead atoms. The van der Waals surface area contributed by atoms with Crippen LogP contribution in [0.1, 0.15) is 19.3 Å². The Kier molecular flexibility index (Phi) is 8.04. The van der Waals surface area contributed by atoms with Gasteiger partial charge in [0.25, 0.3) is 0 Å². The lowest BCUT2D eigenvalue weighted by molar-refractivity contribution is -0.138. The fraction of sp³-hybridized carbons (Fsp3) is 0.889. The first-order valence-electron chi connectivity index (χ1n) is 5.11. The zero-order valence-corrected chi connectivity index (χ0v) is 9.08. The van der Waals surface area contributed by atoms with Crippen molar-refractivity contribution in [2.45, 2.75) is 37.6 Å². The van der Waals surface area contributed by atoms with Gasteiger partial charge in [-0.2, -0.15) is 0 Å². The number of carboxylic acids is 1. The van der Waals surface area contributed by atoms with Crippen LogP contribution in [0.4, 0.5) is 0 Å². The molecule has 0 heterocycles. The number of aliphatic carboxylic acids is 1. The van der Waals surface area contributed by atoms with Gasteiger partial charge in [-0.1, -0.05) is 0 Å². The van der Waals surface area contributed by atoms with Crippen LogP contribution in [0.3, 0.4) is 0 Å². The molecule has 0 aliphatic heterocycles. The molecular formula is C9H20N2O5. The number of hydrogen-bond acceptors (Lipinski definition) is 6. The quantitative estimate of drug-likeness (QED) is 0.298. The summed E-state index contributed by atoms with van der Waals surface area (Å²) in [6.07, 6.45) is -0.202. The second-order valence-corrected chi connectivity index (χ2v) is 3.58. The minimum atomic E-state index is -1.04. The van der Waals surface area contributed by atoms with Crippen molar-refractivity contribution in [1.82, 2.24) is 0 Å². The Labute approximate surface area is 94.0 Å². The van der Waals surface area contributed by atoms with E-state index in [9.17, 15) is 4.79 Å². The Balaban J connectivity index is 3.50. The van der Waals surface area contributed by atoms with E-state index < -0.39 is 24.3 Å². The number of carboxylic acid groups (broad SMARTS) is 1. The summed E-state index contributed by atoms with van der Waals surface area (Å²) in [5.41, 5.74) is 10.8. The summed E-state index contributed by atoms with van der Waals surface area (Å²) in [4.78, 5) is 10.4. The molecule has 0 rings (SSSR count). The number of aliphatic hydroxyl groups excluding tert-OH is 2. The van der Waals surface area contributed by atoms with Crippen molar-refractivity contribution in [3.63, 3.8) is 0 Å². The Morgan fingerprint density at radius 3 is 2.44 bits per heavy atom. The molecular weight excluding hydrogens is 216 g/mol. The summed E-state index contributed by atoms with van der Waals surface area (Å²) in [6, 6.07) is -0.879. The normalized spacial score (nSPS) is 16.8. The van der Waals surface area contributed by atoms with Crippen molar-refractivity contribution in [2.75, 3.05) is 13.2 Å². The van der Waals surface area contributed by atoms with Crippen LogP contribution in [0.15, 0.2) is 0 Å². The number of ether oxygens (including phenoxy) is 1. The Bertz CT molecular complexity index is 202. The molecule has 16 heavy (non-hydrogen) atoms. The van der Waals surface area contributed by atoms with Gasteiger partial charge in [0.05, 0.1) is 13.2 Å². The Hall–Kier alpha value is -0.730. The standard InChI is InChI=1S/C9H20N2O5/c10-7(9(14)15)2-1-3-8(11)16-5-6(13)4-12/h6-8,12-13H,1-5,10-11H2,(H,14,15)/t6?,7-,8?/m0/s1. The maximum atomic E-state index is 10.4. The van der Waals surface area contributed by atoms with Crippen LogP contribution in [0.2, 0.25) is 0 Å². The van der Waals surface area contributed by atoms with E-state index in [1.165, 1.54) is 0 Å². The molecule has 0 saturated heterocycles. The molecule has 7 nitrogen and oxygen atoms in total. The third kappa shape index (κ3) is 7.55.